The minimum atomic E-state index is 0.372. The Morgan fingerprint density at radius 3 is 3.11 bits per heavy atom. The minimum absolute atomic E-state index is 0.372. The van der Waals surface area contributed by atoms with E-state index in [0.29, 0.717) is 18.7 Å². The Bertz CT molecular complexity index is 383. The molecular formula is C14H25N3OS. The van der Waals surface area contributed by atoms with E-state index in [1.807, 2.05) is 0 Å². The fourth-order valence-corrected chi connectivity index (χ4v) is 3.55. The second-order valence-electron chi connectivity index (χ2n) is 5.22. The van der Waals surface area contributed by atoms with Gasteiger partial charge in [0.25, 0.3) is 0 Å². The van der Waals surface area contributed by atoms with E-state index in [2.05, 4.69) is 17.2 Å². The standard InChI is InChI=1S/C14H25N3OS/c1-3-4-11-10-19-14(16-11)9-17-6-5-13(18-2)7-12(17)8-15/h10,12-13H,3-9,15H2,1-2H3. The summed E-state index contributed by atoms with van der Waals surface area (Å²) in [5, 5.41) is 3.41. The molecule has 0 saturated carbocycles. The van der Waals surface area contributed by atoms with Crippen LogP contribution in [0.4, 0.5) is 0 Å². The zero-order valence-electron chi connectivity index (χ0n) is 12.0. The molecule has 2 atom stereocenters. The second kappa shape index (κ2) is 7.33. The highest BCUT2D eigenvalue weighted by Gasteiger charge is 2.27. The Kier molecular flexibility index (Phi) is 5.76. The van der Waals surface area contributed by atoms with E-state index in [0.717, 1.165) is 38.8 Å². The second-order valence-corrected chi connectivity index (χ2v) is 6.17. The highest BCUT2D eigenvalue weighted by Crippen LogP contribution is 2.22. The first-order chi connectivity index (χ1) is 9.26. The van der Waals surface area contributed by atoms with Crippen molar-refractivity contribution in [3.63, 3.8) is 0 Å². The number of ether oxygens (including phenoxy) is 1. The summed E-state index contributed by atoms with van der Waals surface area (Å²) in [5.41, 5.74) is 7.14. The first-order valence-corrected chi connectivity index (χ1v) is 8.05. The summed E-state index contributed by atoms with van der Waals surface area (Å²) >= 11 is 1.78. The van der Waals surface area contributed by atoms with Crippen LogP contribution in [0, 0.1) is 0 Å². The Hall–Kier alpha value is -0.490. The van der Waals surface area contributed by atoms with Gasteiger partial charge < -0.3 is 10.5 Å². The maximum absolute atomic E-state index is 5.90. The van der Waals surface area contributed by atoms with Crippen molar-refractivity contribution in [1.29, 1.82) is 0 Å². The lowest BCUT2D eigenvalue weighted by atomic mass is 9.99. The molecule has 1 fully saturated rings. The third-order valence-corrected chi connectivity index (χ3v) is 4.72. The lowest BCUT2D eigenvalue weighted by Gasteiger charge is -2.37. The smallest absolute Gasteiger partial charge is 0.107 e. The van der Waals surface area contributed by atoms with Gasteiger partial charge in [-0.05, 0) is 19.3 Å². The number of methoxy groups -OCH3 is 1. The molecule has 2 N–H and O–H groups in total. The predicted molar refractivity (Wildman–Crippen MR) is 79.4 cm³/mol. The molecule has 0 bridgehead atoms. The summed E-state index contributed by atoms with van der Waals surface area (Å²) < 4.78 is 5.46. The molecule has 0 aromatic carbocycles. The zero-order valence-corrected chi connectivity index (χ0v) is 12.8. The van der Waals surface area contributed by atoms with Crippen molar-refractivity contribution in [2.24, 2.45) is 5.73 Å². The van der Waals surface area contributed by atoms with Gasteiger partial charge in [0.2, 0.25) is 0 Å². The summed E-state index contributed by atoms with van der Waals surface area (Å²) in [7, 11) is 1.80. The number of aromatic nitrogens is 1. The summed E-state index contributed by atoms with van der Waals surface area (Å²) in [6.45, 7) is 4.89. The molecule has 19 heavy (non-hydrogen) atoms. The maximum Gasteiger partial charge on any atom is 0.107 e. The van der Waals surface area contributed by atoms with Crippen molar-refractivity contribution < 1.29 is 4.74 Å². The van der Waals surface area contributed by atoms with Crippen LogP contribution in [0.3, 0.4) is 0 Å². The van der Waals surface area contributed by atoms with Crippen LogP contribution in [0.1, 0.15) is 36.9 Å². The van der Waals surface area contributed by atoms with Crippen molar-refractivity contribution in [3.8, 4) is 0 Å². The van der Waals surface area contributed by atoms with Crippen molar-refractivity contribution >= 4 is 11.3 Å². The lowest BCUT2D eigenvalue weighted by molar-refractivity contribution is 0.0102. The van der Waals surface area contributed by atoms with Gasteiger partial charge in [-0.25, -0.2) is 4.98 Å². The average molecular weight is 283 g/mol. The molecule has 1 aromatic rings. The van der Waals surface area contributed by atoms with Crippen molar-refractivity contribution in [2.45, 2.75) is 51.3 Å². The van der Waals surface area contributed by atoms with Crippen molar-refractivity contribution in [2.75, 3.05) is 20.2 Å². The molecule has 0 radical (unpaired) electrons. The summed E-state index contributed by atoms with van der Waals surface area (Å²) in [4.78, 5) is 7.17. The van der Waals surface area contributed by atoms with Gasteiger partial charge in [0.15, 0.2) is 0 Å². The highest BCUT2D eigenvalue weighted by molar-refractivity contribution is 7.09. The van der Waals surface area contributed by atoms with Crippen LogP contribution in [0.2, 0.25) is 0 Å². The Balaban J connectivity index is 1.93. The number of hydrogen-bond donors (Lipinski definition) is 1. The van der Waals surface area contributed by atoms with E-state index >= 15 is 0 Å². The zero-order chi connectivity index (χ0) is 13.7. The van der Waals surface area contributed by atoms with Gasteiger partial charge in [0.1, 0.15) is 5.01 Å². The topological polar surface area (TPSA) is 51.4 Å². The lowest BCUT2D eigenvalue weighted by Crippen LogP contribution is -2.47. The number of nitrogens with two attached hydrogens (primary N) is 1. The number of likely N-dealkylation sites (tertiary alicyclic amines) is 1. The Morgan fingerprint density at radius 2 is 2.42 bits per heavy atom. The molecule has 1 aliphatic rings. The van der Waals surface area contributed by atoms with Gasteiger partial charge in [-0.1, -0.05) is 13.3 Å². The summed E-state index contributed by atoms with van der Waals surface area (Å²) in [5.74, 6) is 0. The van der Waals surface area contributed by atoms with Crippen molar-refractivity contribution in [1.82, 2.24) is 9.88 Å². The predicted octanol–water partition coefficient (Wildman–Crippen LogP) is 2.03. The largest absolute Gasteiger partial charge is 0.381 e. The number of thiazole rings is 1. The van der Waals surface area contributed by atoms with Crippen LogP contribution < -0.4 is 5.73 Å². The molecule has 1 saturated heterocycles. The van der Waals surface area contributed by atoms with Crippen LogP contribution in [-0.4, -0.2) is 42.2 Å². The third kappa shape index (κ3) is 3.99. The van der Waals surface area contributed by atoms with Gasteiger partial charge in [0.05, 0.1) is 18.3 Å². The molecule has 108 valence electrons. The molecule has 0 amide bonds. The number of aryl methyl sites for hydroxylation is 1. The van der Waals surface area contributed by atoms with Crippen LogP contribution in [-0.2, 0) is 17.7 Å². The highest BCUT2D eigenvalue weighted by atomic mass is 32.1. The normalized spacial score (nSPS) is 24.8. The molecule has 1 aliphatic heterocycles. The summed E-state index contributed by atoms with van der Waals surface area (Å²) in [6.07, 6.45) is 4.76. The number of nitrogens with zero attached hydrogens (tertiary/aromatic N) is 2. The first kappa shape index (κ1) is 14.9. The van der Waals surface area contributed by atoms with E-state index in [9.17, 15) is 0 Å². The van der Waals surface area contributed by atoms with E-state index < -0.39 is 0 Å². The Morgan fingerprint density at radius 1 is 1.58 bits per heavy atom. The van der Waals surface area contributed by atoms with Gasteiger partial charge in [-0.2, -0.15) is 0 Å². The molecule has 0 spiro atoms. The molecule has 2 unspecified atom stereocenters. The SMILES string of the molecule is CCCc1csc(CN2CCC(OC)CC2CN)n1. The van der Waals surface area contributed by atoms with E-state index in [-0.39, 0.29) is 0 Å². The number of rotatable bonds is 6. The van der Waals surface area contributed by atoms with Gasteiger partial charge in [0, 0.05) is 31.6 Å². The van der Waals surface area contributed by atoms with Gasteiger partial charge in [-0.15, -0.1) is 11.3 Å². The molecule has 2 rings (SSSR count). The molecule has 1 aromatic heterocycles. The fourth-order valence-electron chi connectivity index (χ4n) is 2.70. The minimum Gasteiger partial charge on any atom is -0.381 e. The summed E-state index contributed by atoms with van der Waals surface area (Å²) in [6, 6.07) is 0.428. The average Bonchev–Trinajstić information content (AvgIpc) is 2.87. The monoisotopic (exact) mass is 283 g/mol. The van der Waals surface area contributed by atoms with E-state index in [1.165, 1.54) is 10.7 Å². The van der Waals surface area contributed by atoms with Crippen LogP contribution in [0.5, 0.6) is 0 Å². The molecular weight excluding hydrogens is 258 g/mol. The van der Waals surface area contributed by atoms with Gasteiger partial charge >= 0.3 is 0 Å². The molecule has 2 heterocycles. The van der Waals surface area contributed by atoms with Crippen molar-refractivity contribution in [3.05, 3.63) is 16.1 Å². The van der Waals surface area contributed by atoms with Crippen LogP contribution in [0.15, 0.2) is 5.38 Å². The molecule has 5 heteroatoms. The number of piperidine rings is 1. The Labute approximate surface area is 120 Å². The fraction of sp³-hybridized carbons (Fsp3) is 0.786. The maximum atomic E-state index is 5.90. The van der Waals surface area contributed by atoms with Gasteiger partial charge in [-0.3, -0.25) is 4.90 Å². The van der Waals surface area contributed by atoms with Crippen LogP contribution >= 0.6 is 11.3 Å². The van der Waals surface area contributed by atoms with Crippen LogP contribution in [0.25, 0.3) is 0 Å². The quantitative estimate of drug-likeness (QED) is 0.868. The number of hydrogen-bond acceptors (Lipinski definition) is 5. The first-order valence-electron chi connectivity index (χ1n) is 7.17. The van der Waals surface area contributed by atoms with E-state index in [1.54, 1.807) is 18.4 Å². The third-order valence-electron chi connectivity index (χ3n) is 3.84. The van der Waals surface area contributed by atoms with E-state index in [4.69, 9.17) is 15.5 Å². The molecule has 0 aliphatic carbocycles. The molecule has 4 nitrogen and oxygen atoms in total.